The zero-order valence-electron chi connectivity index (χ0n) is 9.93. The van der Waals surface area contributed by atoms with Gasteiger partial charge in [-0.05, 0) is 31.2 Å². The maximum Gasteiger partial charge on any atom is 0.257 e. The number of thioether (sulfide) groups is 1. The molecule has 4 heteroatoms. The van der Waals surface area contributed by atoms with Gasteiger partial charge in [0.15, 0.2) is 0 Å². The highest BCUT2D eigenvalue weighted by atomic mass is 32.2. The molecule has 1 atom stereocenters. The highest BCUT2D eigenvalue weighted by Crippen LogP contribution is 2.25. The second-order valence-corrected chi connectivity index (χ2v) is 5.18. The van der Waals surface area contributed by atoms with Crippen molar-refractivity contribution in [3.8, 4) is 5.75 Å². The van der Waals surface area contributed by atoms with E-state index in [-0.39, 0.29) is 11.7 Å². The lowest BCUT2D eigenvalue weighted by Crippen LogP contribution is -2.36. The summed E-state index contributed by atoms with van der Waals surface area (Å²) in [5.41, 5.74) is 0.417. The summed E-state index contributed by atoms with van der Waals surface area (Å²) in [5, 5.41) is 9.70. The van der Waals surface area contributed by atoms with E-state index in [4.69, 9.17) is 0 Å². The number of hydrogen-bond donors (Lipinski definition) is 1. The highest BCUT2D eigenvalue weighted by Gasteiger charge is 2.29. The Hall–Kier alpha value is -1.16. The smallest absolute Gasteiger partial charge is 0.257 e. The number of carbonyl (C=O) groups is 1. The molecule has 0 aromatic heterocycles. The third-order valence-corrected chi connectivity index (χ3v) is 3.85. The minimum Gasteiger partial charge on any atom is -0.507 e. The fraction of sp³-hybridized carbons (Fsp3) is 0.462. The fourth-order valence-electron chi connectivity index (χ4n) is 2.28. The van der Waals surface area contributed by atoms with Gasteiger partial charge < -0.3 is 10.0 Å². The first-order valence-electron chi connectivity index (χ1n) is 5.82. The zero-order chi connectivity index (χ0) is 12.3. The van der Waals surface area contributed by atoms with Crippen LogP contribution < -0.4 is 0 Å². The molecule has 92 valence electrons. The van der Waals surface area contributed by atoms with Crippen molar-refractivity contribution < 1.29 is 9.90 Å². The van der Waals surface area contributed by atoms with Gasteiger partial charge in [-0.25, -0.2) is 0 Å². The first-order valence-corrected chi connectivity index (χ1v) is 7.21. The molecule has 2 rings (SSSR count). The second kappa shape index (κ2) is 5.45. The van der Waals surface area contributed by atoms with Crippen molar-refractivity contribution in [3.63, 3.8) is 0 Å². The van der Waals surface area contributed by atoms with E-state index in [0.717, 1.165) is 25.1 Å². The first kappa shape index (κ1) is 12.3. The topological polar surface area (TPSA) is 40.5 Å². The molecule has 1 heterocycles. The van der Waals surface area contributed by atoms with Crippen molar-refractivity contribution in [2.45, 2.75) is 18.9 Å². The SMILES string of the molecule is CSCC1CCCN1C(=O)c1ccccc1O. The molecule has 1 amide bonds. The summed E-state index contributed by atoms with van der Waals surface area (Å²) >= 11 is 1.76. The maximum atomic E-state index is 12.3. The molecular weight excluding hydrogens is 234 g/mol. The molecule has 0 spiro atoms. The lowest BCUT2D eigenvalue weighted by molar-refractivity contribution is 0.0747. The van der Waals surface area contributed by atoms with Crippen molar-refractivity contribution in [3.05, 3.63) is 29.8 Å². The summed E-state index contributed by atoms with van der Waals surface area (Å²) in [4.78, 5) is 14.2. The van der Waals surface area contributed by atoms with Gasteiger partial charge in [-0.2, -0.15) is 11.8 Å². The van der Waals surface area contributed by atoms with Crippen LogP contribution in [0.4, 0.5) is 0 Å². The van der Waals surface area contributed by atoms with Gasteiger partial charge in [0.05, 0.1) is 5.56 Å². The van der Waals surface area contributed by atoms with Crippen molar-refractivity contribution in [2.24, 2.45) is 0 Å². The molecule has 1 unspecified atom stereocenters. The van der Waals surface area contributed by atoms with Crippen LogP contribution in [-0.2, 0) is 0 Å². The van der Waals surface area contributed by atoms with Crippen molar-refractivity contribution >= 4 is 17.7 Å². The maximum absolute atomic E-state index is 12.3. The van der Waals surface area contributed by atoms with E-state index in [0.29, 0.717) is 11.6 Å². The summed E-state index contributed by atoms with van der Waals surface area (Å²) in [6.07, 6.45) is 4.19. The monoisotopic (exact) mass is 251 g/mol. The van der Waals surface area contributed by atoms with E-state index in [1.54, 1.807) is 36.0 Å². The van der Waals surface area contributed by atoms with Crippen LogP contribution >= 0.6 is 11.8 Å². The third kappa shape index (κ3) is 2.57. The molecule has 1 aliphatic rings. The van der Waals surface area contributed by atoms with Gasteiger partial charge in [0, 0.05) is 18.3 Å². The van der Waals surface area contributed by atoms with Crippen LogP contribution in [0.15, 0.2) is 24.3 Å². The average molecular weight is 251 g/mol. The van der Waals surface area contributed by atoms with E-state index in [1.807, 2.05) is 4.90 Å². The average Bonchev–Trinajstić information content (AvgIpc) is 2.78. The number of phenolic OH excluding ortho intramolecular Hbond substituents is 1. The van der Waals surface area contributed by atoms with Crippen molar-refractivity contribution in [2.75, 3.05) is 18.6 Å². The molecule has 0 bridgehead atoms. The molecule has 0 saturated carbocycles. The Morgan fingerprint density at radius 3 is 3.00 bits per heavy atom. The number of rotatable bonds is 3. The van der Waals surface area contributed by atoms with Crippen LogP contribution in [-0.4, -0.2) is 40.5 Å². The standard InChI is InChI=1S/C13H17NO2S/c1-17-9-10-5-4-8-14(10)13(16)11-6-2-3-7-12(11)15/h2-3,6-7,10,15H,4-5,8-9H2,1H3. The molecule has 1 aromatic carbocycles. The molecule has 0 radical (unpaired) electrons. The van der Waals surface area contributed by atoms with Crippen LogP contribution in [0.5, 0.6) is 5.75 Å². The first-order chi connectivity index (χ1) is 8.24. The highest BCUT2D eigenvalue weighted by molar-refractivity contribution is 7.98. The van der Waals surface area contributed by atoms with Crippen LogP contribution in [0, 0.1) is 0 Å². The van der Waals surface area contributed by atoms with Gasteiger partial charge in [0.2, 0.25) is 0 Å². The van der Waals surface area contributed by atoms with Gasteiger partial charge >= 0.3 is 0 Å². The molecule has 17 heavy (non-hydrogen) atoms. The quantitative estimate of drug-likeness (QED) is 0.896. The lowest BCUT2D eigenvalue weighted by Gasteiger charge is -2.24. The van der Waals surface area contributed by atoms with E-state index in [9.17, 15) is 9.90 Å². The van der Waals surface area contributed by atoms with Crippen LogP contribution in [0.25, 0.3) is 0 Å². The fourth-order valence-corrected chi connectivity index (χ4v) is 3.01. The number of amides is 1. The molecule has 1 N–H and O–H groups in total. The van der Waals surface area contributed by atoms with Gasteiger partial charge in [-0.15, -0.1) is 0 Å². The normalized spacial score (nSPS) is 19.6. The number of para-hydroxylation sites is 1. The number of phenols is 1. The minimum absolute atomic E-state index is 0.0420. The number of aromatic hydroxyl groups is 1. The summed E-state index contributed by atoms with van der Waals surface area (Å²) in [7, 11) is 0. The number of benzene rings is 1. The molecule has 1 fully saturated rings. The molecular formula is C13H17NO2S. The van der Waals surface area contributed by atoms with Crippen LogP contribution in [0.1, 0.15) is 23.2 Å². The Morgan fingerprint density at radius 2 is 2.29 bits per heavy atom. The Morgan fingerprint density at radius 1 is 1.53 bits per heavy atom. The Bertz CT molecular complexity index is 408. The Labute approximate surface area is 106 Å². The molecule has 1 aromatic rings. The molecule has 0 aliphatic carbocycles. The van der Waals surface area contributed by atoms with Gasteiger partial charge in [-0.3, -0.25) is 4.79 Å². The molecule has 1 aliphatic heterocycles. The summed E-state index contributed by atoms with van der Waals surface area (Å²) < 4.78 is 0. The molecule has 3 nitrogen and oxygen atoms in total. The zero-order valence-corrected chi connectivity index (χ0v) is 10.7. The number of nitrogens with zero attached hydrogens (tertiary/aromatic N) is 1. The third-order valence-electron chi connectivity index (χ3n) is 3.13. The number of likely N-dealkylation sites (tertiary alicyclic amines) is 1. The van der Waals surface area contributed by atoms with E-state index in [2.05, 4.69) is 6.26 Å². The predicted octanol–water partition coefficient (Wildman–Crippen LogP) is 2.36. The van der Waals surface area contributed by atoms with E-state index < -0.39 is 0 Å². The van der Waals surface area contributed by atoms with E-state index in [1.165, 1.54) is 0 Å². The predicted molar refractivity (Wildman–Crippen MR) is 70.5 cm³/mol. The minimum atomic E-state index is -0.0420. The summed E-state index contributed by atoms with van der Waals surface area (Å²) in [6.45, 7) is 0.804. The largest absolute Gasteiger partial charge is 0.507 e. The van der Waals surface area contributed by atoms with E-state index >= 15 is 0 Å². The van der Waals surface area contributed by atoms with Crippen LogP contribution in [0.2, 0.25) is 0 Å². The second-order valence-electron chi connectivity index (χ2n) is 4.27. The van der Waals surface area contributed by atoms with Gasteiger partial charge in [0.1, 0.15) is 5.75 Å². The lowest BCUT2D eigenvalue weighted by atomic mass is 10.1. The summed E-state index contributed by atoms with van der Waals surface area (Å²) in [5.74, 6) is 1.01. The van der Waals surface area contributed by atoms with Crippen molar-refractivity contribution in [1.82, 2.24) is 4.90 Å². The van der Waals surface area contributed by atoms with Crippen molar-refractivity contribution in [1.29, 1.82) is 0 Å². The molecule has 1 saturated heterocycles. The van der Waals surface area contributed by atoms with Gasteiger partial charge in [0.25, 0.3) is 5.91 Å². The number of hydrogen-bond acceptors (Lipinski definition) is 3. The Kier molecular flexibility index (Phi) is 3.94. The number of carbonyl (C=O) groups excluding carboxylic acids is 1. The Balaban J connectivity index is 2.17. The van der Waals surface area contributed by atoms with Gasteiger partial charge in [-0.1, -0.05) is 12.1 Å². The summed E-state index contributed by atoms with van der Waals surface area (Å²) in [6, 6.07) is 7.08. The van der Waals surface area contributed by atoms with Crippen LogP contribution in [0.3, 0.4) is 0 Å².